The maximum absolute atomic E-state index is 14.1. The molecule has 1 aliphatic rings. The highest BCUT2D eigenvalue weighted by molar-refractivity contribution is 5.99. The third kappa shape index (κ3) is 5.90. The van der Waals surface area contributed by atoms with Crippen molar-refractivity contribution in [1.82, 2.24) is 14.8 Å². The lowest BCUT2D eigenvalue weighted by Crippen LogP contribution is -2.54. The Morgan fingerprint density at radius 3 is 2.68 bits per heavy atom. The van der Waals surface area contributed by atoms with Crippen LogP contribution in [0.2, 0.25) is 0 Å². The number of carbonyl (C=O) groups is 2. The molecule has 3 rings (SSSR count). The highest BCUT2D eigenvalue weighted by atomic mass is 19.1. The molecule has 0 bridgehead atoms. The Morgan fingerprint density at radius 2 is 2.03 bits per heavy atom. The summed E-state index contributed by atoms with van der Waals surface area (Å²) in [6, 6.07) is 8.54. The summed E-state index contributed by atoms with van der Waals surface area (Å²) in [7, 11) is 0. The summed E-state index contributed by atoms with van der Waals surface area (Å²) < 4.78 is 14.1. The second-order valence-electron chi connectivity index (χ2n) is 7.24. The molecule has 9 nitrogen and oxygen atoms in total. The van der Waals surface area contributed by atoms with Crippen LogP contribution in [0.5, 0.6) is 0 Å². The zero-order valence-electron chi connectivity index (χ0n) is 17.0. The Bertz CT molecular complexity index is 992. The molecule has 1 fully saturated rings. The summed E-state index contributed by atoms with van der Waals surface area (Å²) in [5.74, 6) is -0.482. The van der Waals surface area contributed by atoms with Gasteiger partial charge in [-0.25, -0.2) is 19.0 Å². The van der Waals surface area contributed by atoms with E-state index in [2.05, 4.69) is 20.5 Å². The minimum absolute atomic E-state index is 0.107. The Balaban J connectivity index is 1.62. The van der Waals surface area contributed by atoms with Crippen LogP contribution in [0, 0.1) is 17.1 Å². The molecular formula is C21H23FN6O3. The Kier molecular flexibility index (Phi) is 6.99. The minimum Gasteiger partial charge on any atom is -0.465 e. The molecule has 1 atom stereocenters. The molecule has 0 radical (unpaired) electrons. The number of pyridine rings is 1. The number of benzene rings is 1. The Labute approximate surface area is 179 Å². The normalized spacial score (nSPS) is 16.4. The Hall–Kier alpha value is -3.71. The van der Waals surface area contributed by atoms with E-state index in [1.807, 2.05) is 13.0 Å². The van der Waals surface area contributed by atoms with Gasteiger partial charge in [0.05, 0.1) is 11.9 Å². The van der Waals surface area contributed by atoms with Crippen molar-refractivity contribution in [1.29, 1.82) is 5.26 Å². The molecular weight excluding hydrogens is 403 g/mol. The second kappa shape index (κ2) is 9.86. The maximum atomic E-state index is 14.1. The molecule has 1 aromatic carbocycles. The molecule has 3 N–H and O–H groups in total. The van der Waals surface area contributed by atoms with Crippen molar-refractivity contribution >= 4 is 23.5 Å². The van der Waals surface area contributed by atoms with Gasteiger partial charge in [0.25, 0.3) is 0 Å². The fraction of sp³-hybridized carbons (Fsp3) is 0.333. The van der Waals surface area contributed by atoms with Crippen molar-refractivity contribution < 1.29 is 19.1 Å². The molecule has 0 aliphatic carbocycles. The van der Waals surface area contributed by atoms with Crippen LogP contribution >= 0.6 is 0 Å². The molecule has 10 heteroatoms. The van der Waals surface area contributed by atoms with Gasteiger partial charge in [0.2, 0.25) is 0 Å². The number of nitrogens with one attached hydrogen (secondary N) is 2. The molecule has 31 heavy (non-hydrogen) atoms. The molecule has 0 saturated carbocycles. The van der Waals surface area contributed by atoms with Gasteiger partial charge < -0.3 is 20.6 Å². The lowest BCUT2D eigenvalue weighted by atomic mass is 10.1. The molecule has 2 aromatic rings. The van der Waals surface area contributed by atoms with E-state index in [0.29, 0.717) is 49.5 Å². The van der Waals surface area contributed by atoms with Crippen LogP contribution in [0.15, 0.2) is 36.5 Å². The van der Waals surface area contributed by atoms with Crippen LogP contribution in [0.25, 0.3) is 0 Å². The average Bonchev–Trinajstić information content (AvgIpc) is 2.73. The van der Waals surface area contributed by atoms with Gasteiger partial charge in [0, 0.05) is 37.9 Å². The van der Waals surface area contributed by atoms with Gasteiger partial charge in [-0.3, -0.25) is 4.90 Å². The number of anilines is 2. The lowest BCUT2D eigenvalue weighted by Gasteiger charge is -2.39. The van der Waals surface area contributed by atoms with Crippen LogP contribution < -0.4 is 10.6 Å². The summed E-state index contributed by atoms with van der Waals surface area (Å²) in [4.78, 5) is 30.9. The van der Waals surface area contributed by atoms with E-state index in [0.717, 1.165) is 0 Å². The smallest absolute Gasteiger partial charge is 0.407 e. The molecule has 2 heterocycles. The van der Waals surface area contributed by atoms with Crippen molar-refractivity contribution in [3.05, 3.63) is 53.6 Å². The summed E-state index contributed by atoms with van der Waals surface area (Å²) in [6.45, 7) is 3.89. The number of halogens is 1. The van der Waals surface area contributed by atoms with E-state index < -0.39 is 17.9 Å². The molecule has 1 aromatic heterocycles. The van der Waals surface area contributed by atoms with Gasteiger partial charge >= 0.3 is 12.1 Å². The first kappa shape index (κ1) is 22.0. The number of rotatable bonds is 5. The summed E-state index contributed by atoms with van der Waals surface area (Å²) in [6.07, 6.45) is 1.13. The van der Waals surface area contributed by atoms with Crippen molar-refractivity contribution in [3.8, 4) is 6.07 Å². The number of amides is 3. The van der Waals surface area contributed by atoms with Crippen molar-refractivity contribution in [3.63, 3.8) is 0 Å². The van der Waals surface area contributed by atoms with Gasteiger partial charge in [-0.05, 0) is 42.3 Å². The van der Waals surface area contributed by atoms with Gasteiger partial charge in [-0.15, -0.1) is 0 Å². The number of nitrogens with zero attached hydrogens (tertiary/aromatic N) is 4. The SMILES string of the molecule is CCC1CN(Cc2cc(F)cc(NC(=O)Nc3ccc(C#N)nc3)c2)CCN1C(=O)O. The number of piperazine rings is 1. The first-order chi connectivity index (χ1) is 14.9. The van der Waals surface area contributed by atoms with E-state index >= 15 is 0 Å². The van der Waals surface area contributed by atoms with E-state index in [1.54, 1.807) is 12.1 Å². The fourth-order valence-electron chi connectivity index (χ4n) is 3.56. The predicted molar refractivity (Wildman–Crippen MR) is 112 cm³/mol. The van der Waals surface area contributed by atoms with Crippen LogP contribution in [0.3, 0.4) is 0 Å². The second-order valence-corrected chi connectivity index (χ2v) is 7.24. The molecule has 1 saturated heterocycles. The van der Waals surface area contributed by atoms with Gasteiger partial charge in [-0.1, -0.05) is 6.92 Å². The molecule has 1 unspecified atom stereocenters. The first-order valence-corrected chi connectivity index (χ1v) is 9.83. The first-order valence-electron chi connectivity index (χ1n) is 9.83. The van der Waals surface area contributed by atoms with Gasteiger partial charge in [0.15, 0.2) is 0 Å². The molecule has 3 amide bonds. The maximum Gasteiger partial charge on any atom is 0.407 e. The summed E-state index contributed by atoms with van der Waals surface area (Å²) >= 11 is 0. The monoisotopic (exact) mass is 426 g/mol. The van der Waals surface area contributed by atoms with Crippen molar-refractivity contribution in [2.75, 3.05) is 30.3 Å². The quantitative estimate of drug-likeness (QED) is 0.674. The van der Waals surface area contributed by atoms with Gasteiger partial charge in [-0.2, -0.15) is 5.26 Å². The fourth-order valence-corrected chi connectivity index (χ4v) is 3.56. The Morgan fingerprint density at radius 1 is 1.26 bits per heavy atom. The number of carboxylic acid groups (broad SMARTS) is 1. The number of nitriles is 1. The van der Waals surface area contributed by atoms with E-state index in [9.17, 15) is 19.1 Å². The zero-order valence-corrected chi connectivity index (χ0v) is 17.0. The molecule has 0 spiro atoms. The molecule has 162 valence electrons. The summed E-state index contributed by atoms with van der Waals surface area (Å²) in [5.41, 5.74) is 1.60. The van der Waals surface area contributed by atoms with Crippen LogP contribution in [0.4, 0.5) is 25.4 Å². The number of aromatic nitrogens is 1. The van der Waals surface area contributed by atoms with Crippen LogP contribution in [-0.2, 0) is 6.54 Å². The third-order valence-corrected chi connectivity index (χ3v) is 5.04. The third-order valence-electron chi connectivity index (χ3n) is 5.04. The minimum atomic E-state index is -0.924. The van der Waals surface area contributed by atoms with Gasteiger partial charge in [0.1, 0.15) is 17.6 Å². The number of urea groups is 1. The highest BCUT2D eigenvalue weighted by Gasteiger charge is 2.29. The number of carbonyl (C=O) groups excluding carboxylic acids is 1. The van der Waals surface area contributed by atoms with Crippen LogP contribution in [0.1, 0.15) is 24.6 Å². The van der Waals surface area contributed by atoms with Crippen molar-refractivity contribution in [2.45, 2.75) is 25.9 Å². The van der Waals surface area contributed by atoms with Crippen molar-refractivity contribution in [2.24, 2.45) is 0 Å². The number of hydrogen-bond acceptors (Lipinski definition) is 5. The molecule has 1 aliphatic heterocycles. The predicted octanol–water partition coefficient (Wildman–Crippen LogP) is 3.31. The zero-order chi connectivity index (χ0) is 22.4. The van der Waals surface area contributed by atoms with E-state index in [4.69, 9.17) is 5.26 Å². The largest absolute Gasteiger partial charge is 0.465 e. The van der Waals surface area contributed by atoms with E-state index in [-0.39, 0.29) is 11.7 Å². The average molecular weight is 426 g/mol. The van der Waals surface area contributed by atoms with Crippen LogP contribution in [-0.4, -0.2) is 57.7 Å². The lowest BCUT2D eigenvalue weighted by molar-refractivity contribution is 0.0629. The standard InChI is InChI=1S/C21H23FN6O3/c1-2-19-13-27(5-6-28(19)21(30)31)12-14-7-15(22)9-18(8-14)26-20(29)25-17-4-3-16(10-23)24-11-17/h3-4,7-9,11,19H,2,5-6,12-13H2,1H3,(H,30,31)(H2,25,26,29). The highest BCUT2D eigenvalue weighted by Crippen LogP contribution is 2.20. The summed E-state index contributed by atoms with van der Waals surface area (Å²) in [5, 5.41) is 23.2. The van der Waals surface area contributed by atoms with E-state index in [1.165, 1.54) is 29.3 Å². The topological polar surface area (TPSA) is 122 Å². The number of hydrogen-bond donors (Lipinski definition) is 3.